The van der Waals surface area contributed by atoms with Crippen LogP contribution >= 0.6 is 0 Å². The van der Waals surface area contributed by atoms with Crippen LogP contribution in [0.5, 0.6) is 0 Å². The molecule has 0 unspecified atom stereocenters. The Morgan fingerprint density at radius 1 is 0.966 bits per heavy atom. The van der Waals surface area contributed by atoms with Crippen LogP contribution in [0.3, 0.4) is 0 Å². The number of nitro benzene ring substituents is 1. The van der Waals surface area contributed by atoms with Gasteiger partial charge in [0.2, 0.25) is 0 Å². The number of hydrogen-bond donors (Lipinski definition) is 0. The topological polar surface area (TPSA) is 52.0 Å². The normalized spacial score (nSPS) is 12.3. The first-order chi connectivity index (χ1) is 14.1. The van der Waals surface area contributed by atoms with Gasteiger partial charge in [-0.1, -0.05) is 54.1 Å². The molecule has 1 aliphatic heterocycles. The number of para-hydroxylation sites is 1. The number of non-ortho nitro benzene ring substituents is 1. The second-order valence-corrected chi connectivity index (χ2v) is 7.41. The van der Waals surface area contributed by atoms with Gasteiger partial charge in [0.25, 0.3) is 11.5 Å². The molecule has 0 N–H and O–H groups in total. The summed E-state index contributed by atoms with van der Waals surface area (Å²) < 4.78 is 4.39. The van der Waals surface area contributed by atoms with E-state index >= 15 is 0 Å². The third kappa shape index (κ3) is 2.91. The zero-order chi connectivity index (χ0) is 20.0. The van der Waals surface area contributed by atoms with Crippen LogP contribution in [-0.2, 0) is 12.8 Å². The fourth-order valence-corrected chi connectivity index (χ4v) is 4.11. The first-order valence-electron chi connectivity index (χ1n) is 9.68. The van der Waals surface area contributed by atoms with Crippen molar-refractivity contribution in [1.29, 1.82) is 0 Å². The molecule has 3 aromatic carbocycles. The van der Waals surface area contributed by atoms with Crippen molar-refractivity contribution in [2.24, 2.45) is 0 Å². The van der Waals surface area contributed by atoms with Crippen molar-refractivity contribution >= 4 is 5.69 Å². The number of aromatic nitrogens is 2. The Kier molecular flexibility index (Phi) is 4.02. The minimum Gasteiger partial charge on any atom is -0.258 e. The maximum absolute atomic E-state index is 11.4. The Morgan fingerprint density at radius 3 is 2.55 bits per heavy atom. The summed E-state index contributed by atoms with van der Waals surface area (Å²) in [6.07, 6.45) is 3.96. The minimum atomic E-state index is -0.340. The van der Waals surface area contributed by atoms with Gasteiger partial charge >= 0.3 is 0 Å². The predicted molar refractivity (Wildman–Crippen MR) is 112 cm³/mol. The Balaban J connectivity index is 1.79. The van der Waals surface area contributed by atoms with E-state index in [-0.39, 0.29) is 10.6 Å². The molecular formula is C24H20N3O2+. The predicted octanol–water partition coefficient (Wildman–Crippen LogP) is 4.74. The summed E-state index contributed by atoms with van der Waals surface area (Å²) >= 11 is 0. The average molecular weight is 382 g/mol. The second kappa shape index (κ2) is 6.71. The fourth-order valence-electron chi connectivity index (χ4n) is 4.11. The number of rotatable bonds is 3. The highest BCUT2D eigenvalue weighted by Gasteiger charge is 2.31. The molecule has 5 rings (SSSR count). The maximum Gasteiger partial charge on any atom is 0.273 e. The van der Waals surface area contributed by atoms with Gasteiger partial charge in [-0.15, -0.1) is 0 Å². The van der Waals surface area contributed by atoms with Crippen LogP contribution in [0.25, 0.3) is 22.6 Å². The van der Waals surface area contributed by atoms with E-state index in [9.17, 15) is 10.1 Å². The molecule has 5 nitrogen and oxygen atoms in total. The summed E-state index contributed by atoms with van der Waals surface area (Å²) in [5, 5.41) is 11.4. The molecule has 5 heteroatoms. The molecule has 0 aliphatic carbocycles. The largest absolute Gasteiger partial charge is 0.273 e. The van der Waals surface area contributed by atoms with E-state index in [1.165, 1.54) is 22.9 Å². The van der Waals surface area contributed by atoms with Gasteiger partial charge in [0.15, 0.2) is 5.69 Å². The van der Waals surface area contributed by atoms with Crippen LogP contribution in [0.2, 0.25) is 0 Å². The molecule has 1 aliphatic rings. The van der Waals surface area contributed by atoms with Crippen molar-refractivity contribution in [1.82, 2.24) is 4.57 Å². The molecule has 0 atom stereocenters. The molecular weight excluding hydrogens is 362 g/mol. The Bertz CT molecular complexity index is 1240. The number of fused-ring (bicyclic) bond motifs is 3. The summed E-state index contributed by atoms with van der Waals surface area (Å²) in [7, 11) is 0. The van der Waals surface area contributed by atoms with Crippen molar-refractivity contribution in [2.45, 2.75) is 19.8 Å². The van der Waals surface area contributed by atoms with Gasteiger partial charge in [-0.2, -0.15) is 9.13 Å². The summed E-state index contributed by atoms with van der Waals surface area (Å²) in [5.41, 5.74) is 6.70. The van der Waals surface area contributed by atoms with Gasteiger partial charge in [0.1, 0.15) is 17.6 Å². The lowest BCUT2D eigenvalue weighted by atomic mass is 10.0. The van der Waals surface area contributed by atoms with Crippen LogP contribution in [0.1, 0.15) is 17.0 Å². The number of imidazole rings is 1. The van der Waals surface area contributed by atoms with E-state index in [0.717, 1.165) is 35.6 Å². The van der Waals surface area contributed by atoms with Gasteiger partial charge in [-0.3, -0.25) is 10.1 Å². The van der Waals surface area contributed by atoms with Crippen LogP contribution in [-0.4, -0.2) is 9.49 Å². The van der Waals surface area contributed by atoms with E-state index < -0.39 is 0 Å². The lowest BCUT2D eigenvalue weighted by Crippen LogP contribution is -2.39. The first-order valence-corrected chi connectivity index (χ1v) is 9.68. The van der Waals surface area contributed by atoms with Gasteiger partial charge in [0, 0.05) is 11.6 Å². The fraction of sp³-hybridized carbons (Fsp3) is 0.125. The SMILES string of the molecule is Cc1ccc(-c2c[n+]3c(n2-c2cccc([N+](=O)[O-])c2)CCc2ccccc2-3)cc1. The smallest absolute Gasteiger partial charge is 0.258 e. The zero-order valence-corrected chi connectivity index (χ0v) is 16.1. The van der Waals surface area contributed by atoms with Crippen molar-refractivity contribution in [3.63, 3.8) is 0 Å². The molecule has 0 saturated heterocycles. The molecule has 29 heavy (non-hydrogen) atoms. The van der Waals surface area contributed by atoms with Crippen molar-refractivity contribution < 1.29 is 9.49 Å². The minimum absolute atomic E-state index is 0.0982. The maximum atomic E-state index is 11.4. The van der Waals surface area contributed by atoms with Crippen molar-refractivity contribution in [3.8, 4) is 22.6 Å². The molecule has 0 fully saturated rings. The third-order valence-corrected chi connectivity index (χ3v) is 5.54. The van der Waals surface area contributed by atoms with Crippen molar-refractivity contribution in [2.75, 3.05) is 0 Å². The van der Waals surface area contributed by atoms with E-state index in [0.29, 0.717) is 0 Å². The monoisotopic (exact) mass is 382 g/mol. The zero-order valence-electron chi connectivity index (χ0n) is 16.1. The molecule has 2 heterocycles. The highest BCUT2D eigenvalue weighted by Crippen LogP contribution is 2.30. The second-order valence-electron chi connectivity index (χ2n) is 7.41. The summed E-state index contributed by atoms with van der Waals surface area (Å²) in [6, 6.07) is 23.7. The lowest BCUT2D eigenvalue weighted by Gasteiger charge is -2.13. The molecule has 4 aromatic rings. The summed E-state index contributed by atoms with van der Waals surface area (Å²) in [5.74, 6) is 1.12. The molecule has 0 saturated carbocycles. The number of aryl methyl sites for hydroxylation is 2. The van der Waals surface area contributed by atoms with E-state index in [1.54, 1.807) is 12.1 Å². The number of benzene rings is 3. The molecule has 0 radical (unpaired) electrons. The average Bonchev–Trinajstić information content (AvgIpc) is 3.14. The van der Waals surface area contributed by atoms with Crippen LogP contribution in [0, 0.1) is 17.0 Å². The Morgan fingerprint density at radius 2 is 1.76 bits per heavy atom. The van der Waals surface area contributed by atoms with Gasteiger partial charge < -0.3 is 0 Å². The summed E-state index contributed by atoms with van der Waals surface area (Å²) in [6.45, 7) is 2.07. The highest BCUT2D eigenvalue weighted by atomic mass is 16.6. The molecule has 0 spiro atoms. The molecule has 1 aromatic heterocycles. The molecule has 0 amide bonds. The quantitative estimate of drug-likeness (QED) is 0.292. The van der Waals surface area contributed by atoms with Gasteiger partial charge in [-0.05, 0) is 31.0 Å². The first kappa shape index (κ1) is 17.4. The summed E-state index contributed by atoms with van der Waals surface area (Å²) in [4.78, 5) is 11.0. The van der Waals surface area contributed by atoms with Crippen LogP contribution < -0.4 is 4.57 Å². The van der Waals surface area contributed by atoms with E-state index in [1.807, 2.05) is 6.07 Å². The van der Waals surface area contributed by atoms with Gasteiger partial charge in [0.05, 0.1) is 17.4 Å². The highest BCUT2D eigenvalue weighted by molar-refractivity contribution is 5.63. The standard InChI is InChI=1S/C24H20N3O2/c1-17-9-11-19(12-10-17)23-16-25-22-8-3-2-5-18(22)13-14-24(25)26(23)20-6-4-7-21(15-20)27(28)29/h2-12,15-16H,13-14H2,1H3/q+1. The number of nitrogens with zero attached hydrogens (tertiary/aromatic N) is 3. The lowest BCUT2D eigenvalue weighted by molar-refractivity contribution is -0.606. The Hall–Kier alpha value is -3.73. The van der Waals surface area contributed by atoms with Crippen molar-refractivity contribution in [3.05, 3.63) is 106 Å². The van der Waals surface area contributed by atoms with E-state index in [4.69, 9.17) is 0 Å². The van der Waals surface area contributed by atoms with Gasteiger partial charge in [-0.25, -0.2) is 0 Å². The third-order valence-electron chi connectivity index (χ3n) is 5.54. The Labute approximate surface area is 168 Å². The molecule has 142 valence electrons. The van der Waals surface area contributed by atoms with E-state index in [2.05, 4.69) is 70.8 Å². The number of nitro groups is 1. The molecule has 0 bridgehead atoms. The van der Waals surface area contributed by atoms with Crippen LogP contribution in [0.15, 0.2) is 79.0 Å². The number of hydrogen-bond acceptors (Lipinski definition) is 2. The van der Waals surface area contributed by atoms with Crippen LogP contribution in [0.4, 0.5) is 5.69 Å².